The molecule has 7 heteroatoms. The van der Waals surface area contributed by atoms with Crippen molar-refractivity contribution in [2.24, 2.45) is 0 Å². The summed E-state index contributed by atoms with van der Waals surface area (Å²) < 4.78 is 0. The number of carbonyl (C=O) groups excluding carboxylic acids is 2. The van der Waals surface area contributed by atoms with Gasteiger partial charge in [0.05, 0.1) is 17.9 Å². The fourth-order valence-electron chi connectivity index (χ4n) is 3.35. The molecule has 3 rings (SSSR count). The highest BCUT2D eigenvalue weighted by atomic mass is 35.5. The number of rotatable bonds is 6. The zero-order chi connectivity index (χ0) is 20.3. The molecule has 1 N–H and O–H groups in total. The van der Waals surface area contributed by atoms with E-state index in [0.29, 0.717) is 28.7 Å². The molecule has 5 nitrogen and oxygen atoms in total. The fourth-order valence-corrected chi connectivity index (χ4v) is 3.91. The van der Waals surface area contributed by atoms with Crippen LogP contribution < -0.4 is 10.2 Å². The number of para-hydroxylation sites is 2. The first-order valence-electron chi connectivity index (χ1n) is 9.21. The second-order valence-corrected chi connectivity index (χ2v) is 7.81. The zero-order valence-electron chi connectivity index (χ0n) is 15.9. The first-order chi connectivity index (χ1) is 13.4. The van der Waals surface area contributed by atoms with Crippen LogP contribution >= 0.6 is 23.2 Å². The molecule has 0 saturated carbocycles. The maximum absolute atomic E-state index is 12.6. The lowest BCUT2D eigenvalue weighted by Crippen LogP contribution is -2.33. The molecule has 0 radical (unpaired) electrons. The van der Waals surface area contributed by atoms with E-state index >= 15 is 0 Å². The molecule has 1 heterocycles. The summed E-state index contributed by atoms with van der Waals surface area (Å²) in [4.78, 5) is 28.4. The van der Waals surface area contributed by atoms with Crippen LogP contribution in [0.25, 0.3) is 0 Å². The Hall–Kier alpha value is -2.08. The second-order valence-electron chi connectivity index (χ2n) is 6.97. The second kappa shape index (κ2) is 8.95. The van der Waals surface area contributed by atoms with Crippen molar-refractivity contribution >= 4 is 46.4 Å². The highest BCUT2D eigenvalue weighted by molar-refractivity contribution is 6.35. The third-order valence-corrected chi connectivity index (χ3v) is 5.57. The molecule has 1 saturated heterocycles. The largest absolute Gasteiger partial charge is 0.323 e. The van der Waals surface area contributed by atoms with Gasteiger partial charge in [0.15, 0.2) is 0 Å². The SMILES string of the molecule is CC(c1ccc(Cl)cc1Cl)N(C)CC(=O)Nc1ccccc1N1CCCC1=O. The van der Waals surface area contributed by atoms with Gasteiger partial charge in [-0.2, -0.15) is 0 Å². The molecule has 1 atom stereocenters. The molecule has 2 aromatic rings. The molecule has 2 aromatic carbocycles. The van der Waals surface area contributed by atoms with Crippen molar-refractivity contribution in [1.82, 2.24) is 4.90 Å². The number of amides is 2. The minimum absolute atomic E-state index is 0.0640. The Kier molecular flexibility index (Phi) is 6.60. The average Bonchev–Trinajstić information content (AvgIpc) is 3.07. The van der Waals surface area contributed by atoms with Crippen molar-refractivity contribution in [2.75, 3.05) is 30.4 Å². The van der Waals surface area contributed by atoms with Gasteiger partial charge >= 0.3 is 0 Å². The molecule has 1 unspecified atom stereocenters. The third kappa shape index (κ3) is 4.66. The Morgan fingerprint density at radius 2 is 2.00 bits per heavy atom. The smallest absolute Gasteiger partial charge is 0.238 e. The van der Waals surface area contributed by atoms with Gasteiger partial charge in [0.25, 0.3) is 0 Å². The number of nitrogens with zero attached hydrogens (tertiary/aromatic N) is 2. The Morgan fingerprint density at radius 3 is 2.68 bits per heavy atom. The van der Waals surface area contributed by atoms with Crippen LogP contribution in [0.3, 0.4) is 0 Å². The molecule has 2 amide bonds. The topological polar surface area (TPSA) is 52.7 Å². The van der Waals surface area contributed by atoms with E-state index < -0.39 is 0 Å². The van der Waals surface area contributed by atoms with E-state index in [-0.39, 0.29) is 24.4 Å². The summed E-state index contributed by atoms with van der Waals surface area (Å²) >= 11 is 12.3. The number of halogens is 2. The summed E-state index contributed by atoms with van der Waals surface area (Å²) in [6, 6.07) is 12.7. The molecule has 28 heavy (non-hydrogen) atoms. The summed E-state index contributed by atoms with van der Waals surface area (Å²) in [7, 11) is 1.87. The minimum Gasteiger partial charge on any atom is -0.323 e. The quantitative estimate of drug-likeness (QED) is 0.734. The van der Waals surface area contributed by atoms with Crippen molar-refractivity contribution in [1.29, 1.82) is 0 Å². The summed E-state index contributed by atoms with van der Waals surface area (Å²) in [5.74, 6) is -0.0663. The average molecular weight is 420 g/mol. The van der Waals surface area contributed by atoms with Crippen molar-refractivity contribution in [3.8, 4) is 0 Å². The van der Waals surface area contributed by atoms with Crippen molar-refractivity contribution in [3.05, 3.63) is 58.1 Å². The number of benzene rings is 2. The molecule has 0 aromatic heterocycles. The van der Waals surface area contributed by atoms with Crippen molar-refractivity contribution < 1.29 is 9.59 Å². The molecular weight excluding hydrogens is 397 g/mol. The maximum atomic E-state index is 12.6. The van der Waals surface area contributed by atoms with Crippen LogP contribution in [-0.4, -0.2) is 36.9 Å². The molecule has 0 aliphatic carbocycles. The van der Waals surface area contributed by atoms with Crippen LogP contribution in [0.5, 0.6) is 0 Å². The highest BCUT2D eigenvalue weighted by Crippen LogP contribution is 2.31. The third-order valence-electron chi connectivity index (χ3n) is 5.01. The van der Waals surface area contributed by atoms with E-state index in [2.05, 4.69) is 5.32 Å². The maximum Gasteiger partial charge on any atom is 0.238 e. The number of anilines is 2. The molecular formula is C21H23Cl2N3O2. The van der Waals surface area contributed by atoms with Gasteiger partial charge < -0.3 is 10.2 Å². The molecule has 0 spiro atoms. The van der Waals surface area contributed by atoms with E-state index in [9.17, 15) is 9.59 Å². The zero-order valence-corrected chi connectivity index (χ0v) is 17.4. The highest BCUT2D eigenvalue weighted by Gasteiger charge is 2.24. The van der Waals surface area contributed by atoms with E-state index in [1.165, 1.54) is 0 Å². The van der Waals surface area contributed by atoms with E-state index in [1.807, 2.05) is 49.2 Å². The Morgan fingerprint density at radius 1 is 1.25 bits per heavy atom. The Bertz CT molecular complexity index is 888. The van der Waals surface area contributed by atoms with Crippen molar-refractivity contribution in [2.45, 2.75) is 25.8 Å². The summed E-state index contributed by atoms with van der Waals surface area (Å²) in [6.07, 6.45) is 1.38. The first kappa shape index (κ1) is 20.6. The molecule has 1 aliphatic rings. The van der Waals surface area contributed by atoms with Crippen LogP contribution in [0.1, 0.15) is 31.4 Å². The van der Waals surface area contributed by atoms with Gasteiger partial charge in [-0.1, -0.05) is 41.4 Å². The Labute approximate surface area is 175 Å². The summed E-state index contributed by atoms with van der Waals surface area (Å²) in [5.41, 5.74) is 2.30. The summed E-state index contributed by atoms with van der Waals surface area (Å²) in [6.45, 7) is 2.85. The monoisotopic (exact) mass is 419 g/mol. The predicted octanol–water partition coefficient (Wildman–Crippen LogP) is 4.75. The first-order valence-corrected chi connectivity index (χ1v) is 9.97. The van der Waals surface area contributed by atoms with Gasteiger partial charge in [-0.3, -0.25) is 14.5 Å². The number of carbonyl (C=O) groups is 2. The van der Waals surface area contributed by atoms with E-state index in [4.69, 9.17) is 23.2 Å². The van der Waals surface area contributed by atoms with Gasteiger partial charge in [0.2, 0.25) is 11.8 Å². The van der Waals surface area contributed by atoms with Crippen LogP contribution in [0.15, 0.2) is 42.5 Å². The number of hydrogen-bond donors (Lipinski definition) is 1. The van der Waals surface area contributed by atoms with Crippen LogP contribution in [0.4, 0.5) is 11.4 Å². The lowest BCUT2D eigenvalue weighted by Gasteiger charge is -2.26. The number of nitrogens with one attached hydrogen (secondary N) is 1. The molecule has 1 aliphatic heterocycles. The van der Waals surface area contributed by atoms with Crippen LogP contribution in [0.2, 0.25) is 10.0 Å². The normalized spacial score (nSPS) is 15.2. The molecule has 148 valence electrons. The lowest BCUT2D eigenvalue weighted by atomic mass is 10.1. The van der Waals surface area contributed by atoms with E-state index in [1.54, 1.807) is 17.0 Å². The number of hydrogen-bond acceptors (Lipinski definition) is 3. The van der Waals surface area contributed by atoms with Crippen LogP contribution in [-0.2, 0) is 9.59 Å². The molecule has 1 fully saturated rings. The summed E-state index contributed by atoms with van der Waals surface area (Å²) in [5, 5.41) is 4.09. The van der Waals surface area contributed by atoms with E-state index in [0.717, 1.165) is 17.7 Å². The molecule has 0 bridgehead atoms. The van der Waals surface area contributed by atoms with Crippen molar-refractivity contribution in [3.63, 3.8) is 0 Å². The van der Waals surface area contributed by atoms with Gasteiger partial charge in [-0.15, -0.1) is 0 Å². The number of likely N-dealkylation sites (N-methyl/N-ethyl adjacent to an activating group) is 1. The van der Waals surface area contributed by atoms with Gasteiger partial charge in [0, 0.05) is 29.1 Å². The van der Waals surface area contributed by atoms with Gasteiger partial charge in [-0.05, 0) is 50.2 Å². The minimum atomic E-state index is -0.154. The van der Waals surface area contributed by atoms with Gasteiger partial charge in [-0.25, -0.2) is 0 Å². The Balaban J connectivity index is 1.68. The standard InChI is InChI=1S/C21H23Cl2N3O2/c1-14(16-10-9-15(22)12-17(16)23)25(2)13-20(27)24-18-6-3-4-7-19(18)26-11-5-8-21(26)28/h3-4,6-7,9-10,12,14H,5,8,11,13H2,1-2H3,(H,24,27). The van der Waals surface area contributed by atoms with Gasteiger partial charge in [0.1, 0.15) is 0 Å². The lowest BCUT2D eigenvalue weighted by molar-refractivity contribution is -0.118. The predicted molar refractivity (Wildman–Crippen MR) is 114 cm³/mol. The fraction of sp³-hybridized carbons (Fsp3) is 0.333. The van der Waals surface area contributed by atoms with Crippen LogP contribution in [0, 0.1) is 0 Å².